The maximum absolute atomic E-state index is 13.4. The minimum atomic E-state index is -0.343. The molecule has 4 nitrogen and oxygen atoms in total. The van der Waals surface area contributed by atoms with Gasteiger partial charge in [-0.05, 0) is 18.2 Å². The Labute approximate surface area is 112 Å². The maximum atomic E-state index is 13.4. The molecule has 1 heterocycles. The molecule has 2 aromatic rings. The first-order valence-corrected chi connectivity index (χ1v) is 6.06. The first kappa shape index (κ1) is 12.8. The van der Waals surface area contributed by atoms with Crippen LogP contribution in [0.15, 0.2) is 35.1 Å². The van der Waals surface area contributed by atoms with Crippen LogP contribution in [0.1, 0.15) is 15.9 Å². The van der Waals surface area contributed by atoms with E-state index in [1.54, 1.807) is 25.4 Å². The van der Waals surface area contributed by atoms with Crippen LogP contribution in [0.25, 0.3) is 0 Å². The molecule has 0 saturated carbocycles. The van der Waals surface area contributed by atoms with Crippen molar-refractivity contribution in [1.29, 1.82) is 0 Å². The van der Waals surface area contributed by atoms with E-state index in [2.05, 4.69) is 26.3 Å². The largest absolute Gasteiger partial charge is 0.348 e. The van der Waals surface area contributed by atoms with Gasteiger partial charge in [-0.2, -0.15) is 5.10 Å². The number of benzene rings is 1. The fraction of sp³-hybridized carbons (Fsp3) is 0.167. The number of aryl methyl sites for hydroxylation is 1. The van der Waals surface area contributed by atoms with Gasteiger partial charge >= 0.3 is 0 Å². The minimum Gasteiger partial charge on any atom is -0.348 e. The maximum Gasteiger partial charge on any atom is 0.254 e. The van der Waals surface area contributed by atoms with E-state index in [9.17, 15) is 9.18 Å². The second-order valence-electron chi connectivity index (χ2n) is 3.82. The molecule has 0 atom stereocenters. The Morgan fingerprint density at radius 1 is 1.56 bits per heavy atom. The Morgan fingerprint density at radius 2 is 2.33 bits per heavy atom. The summed E-state index contributed by atoms with van der Waals surface area (Å²) in [6.45, 7) is 0.138. The molecule has 1 N–H and O–H groups in total. The lowest BCUT2D eigenvalue weighted by Crippen LogP contribution is -2.22. The molecule has 0 fully saturated rings. The van der Waals surface area contributed by atoms with Crippen LogP contribution in [0.2, 0.25) is 0 Å². The van der Waals surface area contributed by atoms with Gasteiger partial charge < -0.3 is 5.32 Å². The molecule has 0 radical (unpaired) electrons. The summed E-state index contributed by atoms with van der Waals surface area (Å²) in [5.41, 5.74) is 0.884. The average molecular weight is 312 g/mol. The van der Waals surface area contributed by atoms with Gasteiger partial charge in [0, 0.05) is 29.8 Å². The highest BCUT2D eigenvalue weighted by Gasteiger charge is 2.09. The standard InChI is InChI=1S/C12H11BrFN3O/c1-17-7-9(6-16-17)12(18)15-5-8-4-10(13)2-3-11(8)14/h2-4,6-7H,5H2,1H3,(H,15,18). The van der Waals surface area contributed by atoms with Gasteiger partial charge in [0.05, 0.1) is 11.8 Å². The highest BCUT2D eigenvalue weighted by Crippen LogP contribution is 2.15. The van der Waals surface area contributed by atoms with Crippen molar-refractivity contribution in [2.24, 2.45) is 7.05 Å². The number of nitrogens with zero attached hydrogens (tertiary/aromatic N) is 2. The number of amides is 1. The van der Waals surface area contributed by atoms with Crippen molar-refractivity contribution in [3.63, 3.8) is 0 Å². The van der Waals surface area contributed by atoms with Crippen LogP contribution < -0.4 is 5.32 Å². The van der Waals surface area contributed by atoms with E-state index >= 15 is 0 Å². The zero-order chi connectivity index (χ0) is 13.1. The molecule has 0 aliphatic heterocycles. The molecule has 6 heteroatoms. The first-order valence-electron chi connectivity index (χ1n) is 5.27. The number of carbonyl (C=O) groups excluding carboxylic acids is 1. The van der Waals surface area contributed by atoms with Crippen LogP contribution in [-0.4, -0.2) is 15.7 Å². The highest BCUT2D eigenvalue weighted by atomic mass is 79.9. The van der Waals surface area contributed by atoms with E-state index in [4.69, 9.17) is 0 Å². The molecule has 0 unspecified atom stereocenters. The van der Waals surface area contributed by atoms with Gasteiger partial charge in [0.2, 0.25) is 0 Å². The van der Waals surface area contributed by atoms with Gasteiger partial charge in [-0.15, -0.1) is 0 Å². The topological polar surface area (TPSA) is 46.9 Å². The number of nitrogens with one attached hydrogen (secondary N) is 1. The number of hydrogen-bond acceptors (Lipinski definition) is 2. The number of aromatic nitrogens is 2. The predicted molar refractivity (Wildman–Crippen MR) is 68.5 cm³/mol. The summed E-state index contributed by atoms with van der Waals surface area (Å²) in [7, 11) is 1.73. The summed E-state index contributed by atoms with van der Waals surface area (Å²) in [6, 6.07) is 4.61. The zero-order valence-electron chi connectivity index (χ0n) is 9.65. The summed E-state index contributed by atoms with van der Waals surface area (Å²) in [5, 5.41) is 6.54. The molecule has 1 aromatic heterocycles. The molecule has 0 spiro atoms. The molecule has 1 amide bonds. The van der Waals surface area contributed by atoms with E-state index in [0.717, 1.165) is 4.47 Å². The second-order valence-corrected chi connectivity index (χ2v) is 4.74. The van der Waals surface area contributed by atoms with Crippen molar-refractivity contribution in [1.82, 2.24) is 15.1 Å². The predicted octanol–water partition coefficient (Wildman–Crippen LogP) is 2.25. The molecular formula is C12H11BrFN3O. The van der Waals surface area contributed by atoms with E-state index in [-0.39, 0.29) is 18.3 Å². The van der Waals surface area contributed by atoms with Crippen LogP contribution >= 0.6 is 15.9 Å². The van der Waals surface area contributed by atoms with Crippen molar-refractivity contribution in [2.75, 3.05) is 0 Å². The van der Waals surface area contributed by atoms with Crippen molar-refractivity contribution in [3.05, 3.63) is 52.0 Å². The van der Waals surface area contributed by atoms with Crippen molar-refractivity contribution >= 4 is 21.8 Å². The van der Waals surface area contributed by atoms with Crippen LogP contribution in [-0.2, 0) is 13.6 Å². The lowest BCUT2D eigenvalue weighted by atomic mass is 10.2. The molecule has 18 heavy (non-hydrogen) atoms. The van der Waals surface area contributed by atoms with Crippen LogP contribution in [0.5, 0.6) is 0 Å². The van der Waals surface area contributed by atoms with Crippen LogP contribution in [0.4, 0.5) is 4.39 Å². The van der Waals surface area contributed by atoms with E-state index in [1.165, 1.54) is 16.9 Å². The number of hydrogen-bond donors (Lipinski definition) is 1. The van der Waals surface area contributed by atoms with Crippen molar-refractivity contribution in [2.45, 2.75) is 6.54 Å². The van der Waals surface area contributed by atoms with Crippen LogP contribution in [0, 0.1) is 5.82 Å². The van der Waals surface area contributed by atoms with Gasteiger partial charge in [0.1, 0.15) is 5.82 Å². The van der Waals surface area contributed by atoms with E-state index < -0.39 is 0 Å². The third kappa shape index (κ3) is 2.95. The van der Waals surface area contributed by atoms with Gasteiger partial charge in [-0.1, -0.05) is 15.9 Å². The van der Waals surface area contributed by atoms with Gasteiger partial charge in [0.15, 0.2) is 0 Å². The molecule has 0 aliphatic carbocycles. The number of carbonyl (C=O) groups is 1. The second kappa shape index (κ2) is 5.30. The summed E-state index contributed by atoms with van der Waals surface area (Å²) in [4.78, 5) is 11.7. The number of rotatable bonds is 3. The Bertz CT molecular complexity index is 582. The first-order chi connectivity index (χ1) is 8.56. The highest BCUT2D eigenvalue weighted by molar-refractivity contribution is 9.10. The Kier molecular flexibility index (Phi) is 3.76. The SMILES string of the molecule is Cn1cc(C(=O)NCc2cc(Br)ccc2F)cn1. The third-order valence-electron chi connectivity index (χ3n) is 2.41. The quantitative estimate of drug-likeness (QED) is 0.945. The molecule has 2 rings (SSSR count). The molecule has 1 aromatic carbocycles. The Balaban J connectivity index is 2.03. The molecule has 94 valence electrons. The van der Waals surface area contributed by atoms with Crippen molar-refractivity contribution < 1.29 is 9.18 Å². The normalized spacial score (nSPS) is 10.4. The summed E-state index contributed by atoms with van der Waals surface area (Å²) >= 11 is 3.26. The molecule has 0 aliphatic rings. The van der Waals surface area contributed by atoms with Gasteiger partial charge in [0.25, 0.3) is 5.91 Å². The smallest absolute Gasteiger partial charge is 0.254 e. The minimum absolute atomic E-state index is 0.138. The fourth-order valence-electron chi connectivity index (χ4n) is 1.49. The van der Waals surface area contributed by atoms with E-state index in [1.807, 2.05) is 0 Å². The number of halogens is 2. The Morgan fingerprint density at radius 3 is 3.00 bits per heavy atom. The van der Waals surface area contributed by atoms with Crippen molar-refractivity contribution in [3.8, 4) is 0 Å². The third-order valence-corrected chi connectivity index (χ3v) is 2.91. The molecule has 0 bridgehead atoms. The summed E-state index contributed by atoms with van der Waals surface area (Å²) in [6.07, 6.45) is 3.07. The average Bonchev–Trinajstić information content (AvgIpc) is 2.77. The molecule has 0 saturated heterocycles. The van der Waals surface area contributed by atoms with Gasteiger partial charge in [-0.3, -0.25) is 9.48 Å². The zero-order valence-corrected chi connectivity index (χ0v) is 11.2. The van der Waals surface area contributed by atoms with Gasteiger partial charge in [-0.25, -0.2) is 4.39 Å². The fourth-order valence-corrected chi connectivity index (χ4v) is 1.90. The van der Waals surface area contributed by atoms with Crippen LogP contribution in [0.3, 0.4) is 0 Å². The lowest BCUT2D eigenvalue weighted by Gasteiger charge is -2.05. The Hall–Kier alpha value is -1.69. The monoisotopic (exact) mass is 311 g/mol. The van der Waals surface area contributed by atoms with E-state index in [0.29, 0.717) is 11.1 Å². The summed E-state index contributed by atoms with van der Waals surface area (Å²) in [5.74, 6) is -0.618. The molecular weight excluding hydrogens is 301 g/mol. The lowest BCUT2D eigenvalue weighted by molar-refractivity contribution is 0.0950. The summed E-state index contributed by atoms with van der Waals surface area (Å²) < 4.78 is 15.7.